The highest BCUT2D eigenvalue weighted by atomic mass is 35.5. The van der Waals surface area contributed by atoms with E-state index in [-0.39, 0.29) is 18.4 Å². The number of urea groups is 1. The fraction of sp³-hybridized carbons (Fsp3) is 0.435. The van der Waals surface area contributed by atoms with Gasteiger partial charge in [0.1, 0.15) is 5.75 Å². The van der Waals surface area contributed by atoms with E-state index in [1.807, 2.05) is 29.2 Å². The predicted octanol–water partition coefficient (Wildman–Crippen LogP) is 4.65. The summed E-state index contributed by atoms with van der Waals surface area (Å²) in [5.41, 5.74) is 3.42. The van der Waals surface area contributed by atoms with Crippen molar-refractivity contribution in [2.75, 3.05) is 38.1 Å². The van der Waals surface area contributed by atoms with Crippen molar-refractivity contribution < 1.29 is 9.53 Å². The third kappa shape index (κ3) is 7.95. The molecule has 2 aromatic carbocycles. The largest absolute Gasteiger partial charge is 0.494 e. The highest BCUT2D eigenvalue weighted by Gasteiger charge is 2.15. The number of carbonyl (C=O) groups excluding carboxylic acids is 1. The van der Waals surface area contributed by atoms with E-state index < -0.39 is 0 Å². The molecule has 0 aromatic heterocycles. The van der Waals surface area contributed by atoms with Crippen LogP contribution < -0.4 is 15.4 Å². The van der Waals surface area contributed by atoms with Crippen LogP contribution in [-0.4, -0.2) is 43.7 Å². The molecule has 0 aliphatic carbocycles. The highest BCUT2D eigenvalue weighted by molar-refractivity contribution is 5.89. The van der Waals surface area contributed by atoms with Crippen LogP contribution in [0.5, 0.6) is 5.75 Å². The third-order valence-corrected chi connectivity index (χ3v) is 5.01. The van der Waals surface area contributed by atoms with Gasteiger partial charge in [-0.25, -0.2) is 4.79 Å². The van der Waals surface area contributed by atoms with Crippen LogP contribution in [0.1, 0.15) is 30.4 Å². The van der Waals surface area contributed by atoms with E-state index in [2.05, 4.69) is 41.8 Å². The molecular formula is C23H32ClN3O2. The van der Waals surface area contributed by atoms with Crippen LogP contribution in [0.4, 0.5) is 10.5 Å². The smallest absolute Gasteiger partial charge is 0.321 e. The zero-order chi connectivity index (χ0) is 19.6. The number of piperazine rings is 1. The van der Waals surface area contributed by atoms with Crippen molar-refractivity contribution in [1.29, 1.82) is 0 Å². The second-order valence-corrected chi connectivity index (χ2v) is 7.34. The topological polar surface area (TPSA) is 53.6 Å². The molecule has 2 amide bonds. The zero-order valence-corrected chi connectivity index (χ0v) is 18.0. The van der Waals surface area contributed by atoms with E-state index >= 15 is 0 Å². The minimum atomic E-state index is -0.0113. The van der Waals surface area contributed by atoms with Gasteiger partial charge >= 0.3 is 6.03 Å². The number of anilines is 1. The number of hydrogen-bond donors (Lipinski definition) is 2. The molecule has 1 aliphatic heterocycles. The van der Waals surface area contributed by atoms with Crippen molar-refractivity contribution in [2.45, 2.75) is 32.6 Å². The Morgan fingerprint density at radius 2 is 1.69 bits per heavy atom. The normalized spacial score (nSPS) is 13.5. The van der Waals surface area contributed by atoms with Crippen LogP contribution in [0.15, 0.2) is 48.5 Å². The Labute approximate surface area is 180 Å². The van der Waals surface area contributed by atoms with Crippen molar-refractivity contribution in [3.05, 3.63) is 59.7 Å². The van der Waals surface area contributed by atoms with Crippen molar-refractivity contribution in [1.82, 2.24) is 10.2 Å². The molecule has 0 saturated carbocycles. The molecule has 5 nitrogen and oxygen atoms in total. The lowest BCUT2D eigenvalue weighted by Gasteiger charge is -2.27. The minimum Gasteiger partial charge on any atom is -0.494 e. The Balaban J connectivity index is 0.00000300. The van der Waals surface area contributed by atoms with E-state index in [4.69, 9.17) is 4.74 Å². The number of hydrogen-bond acceptors (Lipinski definition) is 3. The number of unbranched alkanes of at least 4 members (excludes halogenated alkanes) is 2. The summed E-state index contributed by atoms with van der Waals surface area (Å²) < 4.78 is 5.77. The van der Waals surface area contributed by atoms with E-state index in [0.29, 0.717) is 0 Å². The van der Waals surface area contributed by atoms with Gasteiger partial charge in [0, 0.05) is 31.9 Å². The molecule has 29 heavy (non-hydrogen) atoms. The first-order chi connectivity index (χ1) is 13.7. The lowest BCUT2D eigenvalue weighted by molar-refractivity contribution is 0.204. The molecule has 0 unspecified atom stereocenters. The standard InChI is InChI=1S/C23H31N3O2.ClH/c1-19-6-12-22(13-7-19)28-18-4-2-3-5-20-8-10-21(11-9-20)25-23(27)26-16-14-24-15-17-26;/h6-13,24H,2-5,14-18H2,1H3,(H,25,27);1H. The van der Waals surface area contributed by atoms with Crippen molar-refractivity contribution in [3.63, 3.8) is 0 Å². The molecule has 158 valence electrons. The van der Waals surface area contributed by atoms with Gasteiger partial charge < -0.3 is 20.3 Å². The molecule has 6 heteroatoms. The van der Waals surface area contributed by atoms with Crippen molar-refractivity contribution in [2.24, 2.45) is 0 Å². The first-order valence-corrected chi connectivity index (χ1v) is 10.3. The Bertz CT molecular complexity index is 729. The summed E-state index contributed by atoms with van der Waals surface area (Å²) in [6.45, 7) is 6.09. The summed E-state index contributed by atoms with van der Waals surface area (Å²) in [5.74, 6) is 0.948. The number of carbonyl (C=O) groups is 1. The number of ether oxygens (including phenoxy) is 1. The van der Waals surface area contributed by atoms with Gasteiger partial charge in [0.15, 0.2) is 0 Å². The molecule has 3 rings (SSSR count). The van der Waals surface area contributed by atoms with Gasteiger partial charge in [0.2, 0.25) is 0 Å². The van der Waals surface area contributed by atoms with Crippen LogP contribution >= 0.6 is 12.4 Å². The van der Waals surface area contributed by atoms with Gasteiger partial charge in [-0.05, 0) is 62.4 Å². The van der Waals surface area contributed by atoms with Gasteiger partial charge in [0.25, 0.3) is 0 Å². The number of aryl methyl sites for hydroxylation is 2. The highest BCUT2D eigenvalue weighted by Crippen LogP contribution is 2.15. The van der Waals surface area contributed by atoms with Crippen LogP contribution in [0, 0.1) is 6.92 Å². The summed E-state index contributed by atoms with van der Waals surface area (Å²) in [4.78, 5) is 14.1. The Hall–Kier alpha value is -2.24. The fourth-order valence-corrected chi connectivity index (χ4v) is 3.26. The van der Waals surface area contributed by atoms with E-state index in [0.717, 1.165) is 69.9 Å². The summed E-state index contributed by atoms with van der Waals surface area (Å²) in [6.07, 6.45) is 4.40. The molecule has 0 atom stereocenters. The molecule has 0 spiro atoms. The minimum absolute atomic E-state index is 0. The van der Waals surface area contributed by atoms with Crippen molar-refractivity contribution in [3.8, 4) is 5.75 Å². The average molecular weight is 418 g/mol. The number of rotatable bonds is 8. The monoisotopic (exact) mass is 417 g/mol. The number of amides is 2. The maximum atomic E-state index is 12.2. The molecule has 0 bridgehead atoms. The third-order valence-electron chi connectivity index (χ3n) is 5.01. The molecule has 1 heterocycles. The second-order valence-electron chi connectivity index (χ2n) is 7.34. The number of nitrogens with one attached hydrogen (secondary N) is 2. The molecule has 1 saturated heterocycles. The first kappa shape index (κ1) is 23.0. The lowest BCUT2D eigenvalue weighted by Crippen LogP contribution is -2.48. The van der Waals surface area contributed by atoms with Crippen molar-refractivity contribution >= 4 is 24.1 Å². The molecule has 1 aliphatic rings. The summed E-state index contributed by atoms with van der Waals surface area (Å²) in [7, 11) is 0. The summed E-state index contributed by atoms with van der Waals surface area (Å²) in [6, 6.07) is 16.4. The summed E-state index contributed by atoms with van der Waals surface area (Å²) >= 11 is 0. The van der Waals surface area contributed by atoms with E-state index in [1.54, 1.807) is 0 Å². The molecule has 1 fully saturated rings. The quantitative estimate of drug-likeness (QED) is 0.615. The SMILES string of the molecule is Cc1ccc(OCCCCCc2ccc(NC(=O)N3CCNCC3)cc2)cc1.Cl. The van der Waals surface area contributed by atoms with Gasteiger partial charge in [-0.1, -0.05) is 29.8 Å². The fourth-order valence-electron chi connectivity index (χ4n) is 3.26. The van der Waals surface area contributed by atoms with Crippen LogP contribution in [0.2, 0.25) is 0 Å². The second kappa shape index (κ2) is 12.3. The van der Waals surface area contributed by atoms with E-state index in [9.17, 15) is 4.79 Å². The van der Waals surface area contributed by atoms with Crippen LogP contribution in [0.25, 0.3) is 0 Å². The Morgan fingerprint density at radius 1 is 1.00 bits per heavy atom. The first-order valence-electron chi connectivity index (χ1n) is 10.3. The van der Waals surface area contributed by atoms with Crippen LogP contribution in [-0.2, 0) is 6.42 Å². The number of benzene rings is 2. The molecule has 2 N–H and O–H groups in total. The average Bonchev–Trinajstić information content (AvgIpc) is 2.73. The predicted molar refractivity (Wildman–Crippen MR) is 121 cm³/mol. The lowest BCUT2D eigenvalue weighted by atomic mass is 10.1. The number of nitrogens with zero attached hydrogens (tertiary/aromatic N) is 1. The maximum absolute atomic E-state index is 12.2. The number of halogens is 1. The van der Waals surface area contributed by atoms with Gasteiger partial charge in [0.05, 0.1) is 6.61 Å². The van der Waals surface area contributed by atoms with Gasteiger partial charge in [-0.3, -0.25) is 0 Å². The van der Waals surface area contributed by atoms with E-state index in [1.165, 1.54) is 11.1 Å². The van der Waals surface area contributed by atoms with Gasteiger partial charge in [-0.15, -0.1) is 12.4 Å². The maximum Gasteiger partial charge on any atom is 0.321 e. The van der Waals surface area contributed by atoms with Gasteiger partial charge in [-0.2, -0.15) is 0 Å². The molecular weight excluding hydrogens is 386 g/mol. The Kier molecular flexibility index (Phi) is 9.81. The zero-order valence-electron chi connectivity index (χ0n) is 17.2. The van der Waals surface area contributed by atoms with Crippen LogP contribution in [0.3, 0.4) is 0 Å². The molecule has 0 radical (unpaired) electrons. The Morgan fingerprint density at radius 3 is 2.38 bits per heavy atom. The summed E-state index contributed by atoms with van der Waals surface area (Å²) in [5, 5.41) is 6.24. The molecule has 2 aromatic rings.